The monoisotopic (exact) mass is 392 g/mol. The number of aromatic nitrogens is 1. The molecule has 2 rings (SSSR count). The van der Waals surface area contributed by atoms with E-state index < -0.39 is 0 Å². The Hall–Kier alpha value is -0.850. The Balaban J connectivity index is 2.21. The summed E-state index contributed by atoms with van der Waals surface area (Å²) in [5.41, 5.74) is 1.000. The Kier molecular flexibility index (Phi) is 4.42. The van der Waals surface area contributed by atoms with Crippen molar-refractivity contribution >= 4 is 57.4 Å². The average molecular weight is 393 g/mol. The molecule has 1 heterocycles. The summed E-state index contributed by atoms with van der Waals surface area (Å²) in [7, 11) is 0. The van der Waals surface area contributed by atoms with Crippen LogP contribution in [0.3, 0.4) is 0 Å². The number of anilines is 1. The second-order valence-electron chi connectivity index (χ2n) is 3.45. The first-order valence-corrected chi connectivity index (χ1v) is 6.77. The zero-order valence-electron chi connectivity index (χ0n) is 8.95. The van der Waals surface area contributed by atoms with Crippen molar-refractivity contribution in [1.82, 2.24) is 4.98 Å². The smallest absolute Gasteiger partial charge is 0.257 e. The van der Waals surface area contributed by atoms with Crippen LogP contribution < -0.4 is 5.32 Å². The third kappa shape index (κ3) is 3.34. The molecule has 0 radical (unpaired) electrons. The zero-order chi connectivity index (χ0) is 13.1. The topological polar surface area (TPSA) is 42.0 Å². The molecule has 3 nitrogen and oxygen atoms in total. The summed E-state index contributed by atoms with van der Waals surface area (Å²) >= 11 is 13.8. The zero-order valence-corrected chi connectivity index (χ0v) is 12.6. The minimum Gasteiger partial charge on any atom is -0.322 e. The van der Waals surface area contributed by atoms with Gasteiger partial charge in [-0.3, -0.25) is 4.79 Å². The van der Waals surface area contributed by atoms with E-state index in [-0.39, 0.29) is 16.1 Å². The number of rotatable bonds is 2. The van der Waals surface area contributed by atoms with Crippen LogP contribution in [0.5, 0.6) is 0 Å². The quantitative estimate of drug-likeness (QED) is 0.613. The highest BCUT2D eigenvalue weighted by molar-refractivity contribution is 14.1. The highest BCUT2D eigenvalue weighted by atomic mass is 127. The molecule has 0 unspecified atom stereocenters. The Morgan fingerprint density at radius 3 is 2.56 bits per heavy atom. The molecule has 0 saturated carbocycles. The molecular formula is C12H7Cl2IN2O. The second kappa shape index (κ2) is 5.86. The molecule has 6 heteroatoms. The number of halogens is 3. The van der Waals surface area contributed by atoms with Gasteiger partial charge in [-0.25, -0.2) is 4.98 Å². The molecule has 0 saturated heterocycles. The van der Waals surface area contributed by atoms with Crippen molar-refractivity contribution in [1.29, 1.82) is 0 Å². The van der Waals surface area contributed by atoms with Crippen molar-refractivity contribution < 1.29 is 4.79 Å². The lowest BCUT2D eigenvalue weighted by atomic mass is 10.2. The number of hydrogen-bond donors (Lipinski definition) is 1. The summed E-state index contributed by atoms with van der Waals surface area (Å²) in [4.78, 5) is 15.8. The van der Waals surface area contributed by atoms with Crippen molar-refractivity contribution in [3.05, 3.63) is 55.8 Å². The van der Waals surface area contributed by atoms with Crippen molar-refractivity contribution in [2.75, 3.05) is 5.32 Å². The van der Waals surface area contributed by atoms with Gasteiger partial charge in [0.1, 0.15) is 5.15 Å². The van der Waals surface area contributed by atoms with E-state index in [2.05, 4.69) is 32.9 Å². The summed E-state index contributed by atoms with van der Waals surface area (Å²) in [5.74, 6) is -0.314. The van der Waals surface area contributed by atoms with Crippen LogP contribution in [-0.4, -0.2) is 10.9 Å². The highest BCUT2D eigenvalue weighted by Gasteiger charge is 2.11. The third-order valence-electron chi connectivity index (χ3n) is 2.17. The molecule has 0 fully saturated rings. The standard InChI is InChI=1S/C12H7Cl2IN2O/c13-10-6-16-11(14)5-9(10)12(18)17-8-3-1-7(15)2-4-8/h1-6H,(H,17,18). The first-order chi connectivity index (χ1) is 8.56. The van der Waals surface area contributed by atoms with E-state index in [9.17, 15) is 4.79 Å². The summed E-state index contributed by atoms with van der Waals surface area (Å²) in [6.45, 7) is 0. The number of hydrogen-bond acceptors (Lipinski definition) is 2. The summed E-state index contributed by atoms with van der Waals surface area (Å²) in [5, 5.41) is 3.24. The molecule has 0 atom stereocenters. The maximum atomic E-state index is 12.0. The van der Waals surface area contributed by atoms with E-state index in [1.807, 2.05) is 24.3 Å². The predicted molar refractivity (Wildman–Crippen MR) is 81.4 cm³/mol. The van der Waals surface area contributed by atoms with Crippen LogP contribution in [0.25, 0.3) is 0 Å². The van der Waals surface area contributed by atoms with E-state index in [1.165, 1.54) is 12.3 Å². The van der Waals surface area contributed by atoms with E-state index >= 15 is 0 Å². The van der Waals surface area contributed by atoms with Gasteiger partial charge < -0.3 is 5.32 Å². The van der Waals surface area contributed by atoms with Crippen LogP contribution >= 0.6 is 45.8 Å². The van der Waals surface area contributed by atoms with E-state index in [0.29, 0.717) is 11.3 Å². The van der Waals surface area contributed by atoms with Gasteiger partial charge in [-0.1, -0.05) is 23.2 Å². The van der Waals surface area contributed by atoms with Crippen LogP contribution in [0, 0.1) is 3.57 Å². The lowest BCUT2D eigenvalue weighted by Gasteiger charge is -2.06. The summed E-state index contributed by atoms with van der Waals surface area (Å²) < 4.78 is 1.09. The Morgan fingerprint density at radius 2 is 1.89 bits per heavy atom. The van der Waals surface area contributed by atoms with Crippen molar-refractivity contribution in [2.24, 2.45) is 0 Å². The van der Waals surface area contributed by atoms with E-state index in [0.717, 1.165) is 3.57 Å². The highest BCUT2D eigenvalue weighted by Crippen LogP contribution is 2.20. The van der Waals surface area contributed by atoms with Crippen molar-refractivity contribution in [3.63, 3.8) is 0 Å². The molecule has 0 aliphatic carbocycles. The lowest BCUT2D eigenvalue weighted by molar-refractivity contribution is 0.102. The van der Waals surface area contributed by atoms with Gasteiger partial charge in [0, 0.05) is 15.5 Å². The molecule has 92 valence electrons. The number of nitrogens with zero attached hydrogens (tertiary/aromatic N) is 1. The molecule has 0 aliphatic heterocycles. The SMILES string of the molecule is O=C(Nc1ccc(I)cc1)c1cc(Cl)ncc1Cl. The minimum atomic E-state index is -0.314. The minimum absolute atomic E-state index is 0.229. The molecule has 1 aromatic heterocycles. The number of nitrogens with one attached hydrogen (secondary N) is 1. The van der Waals surface area contributed by atoms with Gasteiger partial charge in [-0.2, -0.15) is 0 Å². The summed E-state index contributed by atoms with van der Waals surface area (Å²) in [6.07, 6.45) is 1.35. The first-order valence-electron chi connectivity index (χ1n) is 4.94. The molecule has 18 heavy (non-hydrogen) atoms. The van der Waals surface area contributed by atoms with Crippen molar-refractivity contribution in [3.8, 4) is 0 Å². The predicted octanol–water partition coefficient (Wildman–Crippen LogP) is 4.25. The number of pyridine rings is 1. The van der Waals surface area contributed by atoms with Crippen LogP contribution in [0.2, 0.25) is 10.2 Å². The molecule has 0 spiro atoms. The van der Waals surface area contributed by atoms with Gasteiger partial charge in [0.15, 0.2) is 0 Å². The van der Waals surface area contributed by atoms with Crippen molar-refractivity contribution in [2.45, 2.75) is 0 Å². The number of carbonyl (C=O) groups excluding carboxylic acids is 1. The first kappa shape index (κ1) is 13.6. The fourth-order valence-corrected chi connectivity index (χ4v) is 2.03. The fourth-order valence-electron chi connectivity index (χ4n) is 1.32. The lowest BCUT2D eigenvalue weighted by Crippen LogP contribution is -2.12. The Labute approximate surface area is 128 Å². The Bertz CT molecular complexity index is 587. The number of carbonyl (C=O) groups is 1. The molecule has 1 aromatic carbocycles. The van der Waals surface area contributed by atoms with Gasteiger partial charge in [0.2, 0.25) is 0 Å². The molecule has 2 aromatic rings. The molecular weight excluding hydrogens is 386 g/mol. The third-order valence-corrected chi connectivity index (χ3v) is 3.40. The molecule has 0 bridgehead atoms. The Morgan fingerprint density at radius 1 is 1.22 bits per heavy atom. The van der Waals surface area contributed by atoms with Gasteiger partial charge in [-0.15, -0.1) is 0 Å². The number of benzene rings is 1. The molecule has 0 aliphatic rings. The van der Waals surface area contributed by atoms with Gasteiger partial charge in [0.25, 0.3) is 5.91 Å². The second-order valence-corrected chi connectivity index (χ2v) is 5.49. The summed E-state index contributed by atoms with van der Waals surface area (Å²) in [6, 6.07) is 8.87. The number of amides is 1. The van der Waals surface area contributed by atoms with Gasteiger partial charge >= 0.3 is 0 Å². The van der Waals surface area contributed by atoms with Crippen LogP contribution in [-0.2, 0) is 0 Å². The largest absolute Gasteiger partial charge is 0.322 e. The van der Waals surface area contributed by atoms with Crippen LogP contribution in [0.15, 0.2) is 36.5 Å². The maximum Gasteiger partial charge on any atom is 0.257 e. The van der Waals surface area contributed by atoms with Crippen LogP contribution in [0.4, 0.5) is 5.69 Å². The fraction of sp³-hybridized carbons (Fsp3) is 0. The van der Waals surface area contributed by atoms with Gasteiger partial charge in [0.05, 0.1) is 10.6 Å². The maximum absolute atomic E-state index is 12.0. The molecule has 1 amide bonds. The van der Waals surface area contributed by atoms with Gasteiger partial charge in [-0.05, 0) is 52.9 Å². The van der Waals surface area contributed by atoms with E-state index in [4.69, 9.17) is 23.2 Å². The normalized spacial score (nSPS) is 10.2. The van der Waals surface area contributed by atoms with Crippen LogP contribution in [0.1, 0.15) is 10.4 Å². The van der Waals surface area contributed by atoms with E-state index in [1.54, 1.807) is 0 Å². The average Bonchev–Trinajstić information content (AvgIpc) is 2.35. The molecule has 1 N–H and O–H groups in total.